The highest BCUT2D eigenvalue weighted by atomic mass is 16.3. The Bertz CT molecular complexity index is 1840. The Balaban J connectivity index is 1.43. The zero-order valence-corrected chi connectivity index (χ0v) is 19.5. The first kappa shape index (κ1) is 22.2. The predicted octanol–water partition coefficient (Wildman–Crippen LogP) is 4.74. The van der Waals surface area contributed by atoms with Crippen LogP contribution in [0.15, 0.2) is 94.5 Å². The van der Waals surface area contributed by atoms with Crippen molar-refractivity contribution in [1.29, 1.82) is 5.41 Å². The van der Waals surface area contributed by atoms with Crippen molar-refractivity contribution in [1.82, 2.24) is 20.2 Å². The minimum absolute atomic E-state index is 0.119. The Morgan fingerprint density at radius 1 is 0.973 bits per heavy atom. The molecule has 37 heavy (non-hydrogen) atoms. The number of rotatable bonds is 6. The number of nitrogens with zero attached hydrogens (tertiary/aromatic N) is 3. The molecule has 0 unspecified atom stereocenters. The maximum atomic E-state index is 13.5. The quantitative estimate of drug-likeness (QED) is 0.248. The molecule has 0 bridgehead atoms. The fraction of sp³-hybridized carbons (Fsp3) is 0.0357. The Kier molecular flexibility index (Phi) is 5.42. The molecule has 3 aromatic heterocycles. The van der Waals surface area contributed by atoms with Crippen LogP contribution in [0.5, 0.6) is 0 Å². The molecule has 0 aliphatic carbocycles. The van der Waals surface area contributed by atoms with Gasteiger partial charge in [-0.1, -0.05) is 54.6 Å². The van der Waals surface area contributed by atoms with E-state index in [-0.39, 0.29) is 23.5 Å². The van der Waals surface area contributed by atoms with Crippen LogP contribution in [-0.2, 0) is 6.54 Å². The van der Waals surface area contributed by atoms with E-state index in [0.29, 0.717) is 39.2 Å². The van der Waals surface area contributed by atoms with Gasteiger partial charge in [-0.15, -0.1) is 0 Å². The summed E-state index contributed by atoms with van der Waals surface area (Å²) in [7, 11) is 0. The van der Waals surface area contributed by atoms with Crippen molar-refractivity contribution >= 4 is 39.2 Å². The Morgan fingerprint density at radius 2 is 1.78 bits per heavy atom. The molecule has 3 heterocycles. The Morgan fingerprint density at radius 3 is 2.65 bits per heavy atom. The molecule has 0 fully saturated rings. The lowest BCUT2D eigenvalue weighted by Gasteiger charge is -2.15. The summed E-state index contributed by atoms with van der Waals surface area (Å²) < 4.78 is 6.21. The summed E-state index contributed by atoms with van der Waals surface area (Å²) in [5, 5.41) is 20.5. The highest BCUT2D eigenvalue weighted by Gasteiger charge is 2.21. The third-order valence-electron chi connectivity index (χ3n) is 6.23. The van der Waals surface area contributed by atoms with Gasteiger partial charge < -0.3 is 15.5 Å². The number of fused-ring (bicyclic) bond motifs is 2. The SMILES string of the molecule is N=C(c1c(N)ncnc1NCc1oc2ccccc2c(=O)c1-c1ccccc1)c1cccc2[nH]ncc12. The van der Waals surface area contributed by atoms with Crippen molar-refractivity contribution in [3.63, 3.8) is 0 Å². The fourth-order valence-electron chi connectivity index (χ4n) is 4.47. The van der Waals surface area contributed by atoms with Crippen LogP contribution >= 0.6 is 0 Å². The Hall–Kier alpha value is -5.31. The second kappa shape index (κ2) is 9.04. The summed E-state index contributed by atoms with van der Waals surface area (Å²) in [5.41, 5.74) is 9.77. The van der Waals surface area contributed by atoms with Gasteiger partial charge >= 0.3 is 0 Å². The molecule has 9 heteroatoms. The first-order chi connectivity index (χ1) is 18.1. The molecule has 0 aliphatic rings. The van der Waals surface area contributed by atoms with Gasteiger partial charge in [0.15, 0.2) is 0 Å². The number of aromatic amines is 1. The van der Waals surface area contributed by atoms with E-state index in [0.717, 1.165) is 16.5 Å². The first-order valence-corrected chi connectivity index (χ1v) is 11.6. The number of hydrogen-bond acceptors (Lipinski definition) is 8. The standard InChI is InChI=1S/C28H21N7O2/c29-25(17-10-6-11-20-19(17)13-34-35-20)24-27(30)32-15-33-28(24)31-14-22-23(16-7-2-1-3-8-16)26(36)18-9-4-5-12-21(18)37-22/h1-13,15,29H,14H2,(H,34,35)(H3,30,31,32,33). The van der Waals surface area contributed by atoms with Crippen molar-refractivity contribution in [2.24, 2.45) is 0 Å². The third-order valence-corrected chi connectivity index (χ3v) is 6.23. The summed E-state index contributed by atoms with van der Waals surface area (Å²) in [4.78, 5) is 22.0. The summed E-state index contributed by atoms with van der Waals surface area (Å²) in [6.45, 7) is 0.136. The van der Waals surface area contributed by atoms with E-state index in [1.165, 1.54) is 6.33 Å². The van der Waals surface area contributed by atoms with E-state index >= 15 is 0 Å². The topological polar surface area (TPSA) is 147 Å². The van der Waals surface area contributed by atoms with Gasteiger partial charge in [0, 0.05) is 10.9 Å². The van der Waals surface area contributed by atoms with Crippen molar-refractivity contribution in [2.45, 2.75) is 6.54 Å². The number of nitrogens with one attached hydrogen (secondary N) is 3. The molecule has 6 aromatic rings. The van der Waals surface area contributed by atoms with Crippen LogP contribution < -0.4 is 16.5 Å². The molecule has 0 spiro atoms. The smallest absolute Gasteiger partial charge is 0.200 e. The monoisotopic (exact) mass is 487 g/mol. The molecular formula is C28H21N7O2. The van der Waals surface area contributed by atoms with Gasteiger partial charge in [0.1, 0.15) is 29.3 Å². The van der Waals surface area contributed by atoms with Gasteiger partial charge in [-0.25, -0.2) is 9.97 Å². The van der Waals surface area contributed by atoms with Gasteiger partial charge in [-0.05, 0) is 23.8 Å². The second-order valence-corrected chi connectivity index (χ2v) is 8.44. The number of H-pyrrole nitrogens is 1. The van der Waals surface area contributed by atoms with Crippen LogP contribution in [0.1, 0.15) is 16.9 Å². The van der Waals surface area contributed by atoms with Crippen LogP contribution in [0, 0.1) is 5.41 Å². The zero-order valence-electron chi connectivity index (χ0n) is 19.5. The summed E-state index contributed by atoms with van der Waals surface area (Å²) >= 11 is 0. The minimum atomic E-state index is -0.119. The van der Waals surface area contributed by atoms with Gasteiger partial charge in [0.25, 0.3) is 0 Å². The van der Waals surface area contributed by atoms with Crippen LogP contribution in [0.25, 0.3) is 33.0 Å². The van der Waals surface area contributed by atoms with E-state index in [1.807, 2.05) is 60.7 Å². The van der Waals surface area contributed by atoms with E-state index < -0.39 is 0 Å². The maximum absolute atomic E-state index is 13.5. The van der Waals surface area contributed by atoms with E-state index in [1.54, 1.807) is 18.3 Å². The average molecular weight is 488 g/mol. The molecule has 3 aromatic carbocycles. The molecule has 0 atom stereocenters. The normalized spacial score (nSPS) is 11.1. The van der Waals surface area contributed by atoms with Gasteiger partial charge in [0.05, 0.1) is 40.5 Å². The number of hydrogen-bond donors (Lipinski definition) is 4. The summed E-state index contributed by atoms with van der Waals surface area (Å²) in [6, 6.07) is 22.1. The summed E-state index contributed by atoms with van der Waals surface area (Å²) in [6.07, 6.45) is 3.00. The van der Waals surface area contributed by atoms with Crippen molar-refractivity contribution in [3.05, 3.63) is 112 Å². The molecular weight excluding hydrogens is 466 g/mol. The minimum Gasteiger partial charge on any atom is -0.458 e. The van der Waals surface area contributed by atoms with E-state index in [2.05, 4.69) is 25.5 Å². The number of para-hydroxylation sites is 1. The van der Waals surface area contributed by atoms with Gasteiger partial charge in [0.2, 0.25) is 5.43 Å². The van der Waals surface area contributed by atoms with Crippen molar-refractivity contribution in [3.8, 4) is 11.1 Å². The highest BCUT2D eigenvalue weighted by molar-refractivity contribution is 6.21. The van der Waals surface area contributed by atoms with Gasteiger partial charge in [-0.3, -0.25) is 15.3 Å². The average Bonchev–Trinajstić information content (AvgIpc) is 3.41. The van der Waals surface area contributed by atoms with Crippen LogP contribution in [0.2, 0.25) is 0 Å². The highest BCUT2D eigenvalue weighted by Crippen LogP contribution is 2.28. The molecule has 0 aliphatic heterocycles. The number of nitrogen functional groups attached to an aromatic ring is 1. The molecule has 5 N–H and O–H groups in total. The fourth-order valence-corrected chi connectivity index (χ4v) is 4.47. The maximum Gasteiger partial charge on any atom is 0.200 e. The zero-order chi connectivity index (χ0) is 25.4. The van der Waals surface area contributed by atoms with Crippen molar-refractivity contribution < 1.29 is 4.42 Å². The number of nitrogens with two attached hydrogens (primary N) is 1. The molecule has 0 amide bonds. The number of benzene rings is 3. The predicted molar refractivity (Wildman–Crippen MR) is 144 cm³/mol. The lowest BCUT2D eigenvalue weighted by Crippen LogP contribution is -2.16. The lowest BCUT2D eigenvalue weighted by molar-refractivity contribution is 0.548. The first-order valence-electron chi connectivity index (χ1n) is 11.6. The lowest BCUT2D eigenvalue weighted by atomic mass is 9.99. The molecule has 0 radical (unpaired) electrons. The summed E-state index contributed by atoms with van der Waals surface area (Å²) in [5.74, 6) is 0.959. The van der Waals surface area contributed by atoms with Gasteiger partial charge in [-0.2, -0.15) is 5.10 Å². The molecule has 9 nitrogen and oxygen atoms in total. The second-order valence-electron chi connectivity index (χ2n) is 8.44. The number of anilines is 2. The molecule has 180 valence electrons. The molecule has 0 saturated heterocycles. The largest absolute Gasteiger partial charge is 0.458 e. The van der Waals surface area contributed by atoms with E-state index in [4.69, 9.17) is 15.6 Å². The van der Waals surface area contributed by atoms with Crippen LogP contribution in [0.3, 0.4) is 0 Å². The molecule has 6 rings (SSSR count). The van der Waals surface area contributed by atoms with Crippen molar-refractivity contribution in [2.75, 3.05) is 11.1 Å². The Labute approximate surface area is 210 Å². The van der Waals surface area contributed by atoms with Crippen LogP contribution in [-0.4, -0.2) is 25.9 Å². The van der Waals surface area contributed by atoms with Crippen LogP contribution in [0.4, 0.5) is 11.6 Å². The third kappa shape index (κ3) is 3.88. The van der Waals surface area contributed by atoms with E-state index in [9.17, 15) is 4.79 Å². The molecule has 0 saturated carbocycles. The number of aromatic nitrogens is 4.